The van der Waals surface area contributed by atoms with Crippen LogP contribution < -0.4 is 4.90 Å². The second-order valence-electron chi connectivity index (χ2n) is 7.03. The number of amides is 1. The Labute approximate surface area is 152 Å². The number of aryl methyl sites for hydroxylation is 1. The molecular formula is C20H26F3NO2. The number of alkyl halides is 3. The quantitative estimate of drug-likeness (QED) is 0.702. The number of carbonyl (C=O) groups is 1. The molecule has 0 spiro atoms. The molecule has 1 fully saturated rings. The molecule has 0 aliphatic carbocycles. The molecule has 1 aliphatic rings. The molecule has 3 unspecified atom stereocenters. The maximum absolute atomic E-state index is 13.3. The van der Waals surface area contributed by atoms with Gasteiger partial charge < -0.3 is 4.74 Å². The van der Waals surface area contributed by atoms with E-state index >= 15 is 0 Å². The van der Waals surface area contributed by atoms with Crippen molar-refractivity contribution in [3.8, 4) is 0 Å². The Kier molecular flexibility index (Phi) is 5.57. The summed E-state index contributed by atoms with van der Waals surface area (Å²) in [6.07, 6.45) is -3.81. The van der Waals surface area contributed by atoms with Crippen LogP contribution in [-0.2, 0) is 15.7 Å². The minimum Gasteiger partial charge on any atom is -0.375 e. The zero-order chi connectivity index (χ0) is 19.9. The summed E-state index contributed by atoms with van der Waals surface area (Å²) in [5.74, 6) is -0.971. The second kappa shape index (κ2) is 7.06. The van der Waals surface area contributed by atoms with Crippen molar-refractivity contribution >= 4 is 11.6 Å². The van der Waals surface area contributed by atoms with Gasteiger partial charge in [-0.15, -0.1) is 0 Å². The van der Waals surface area contributed by atoms with Gasteiger partial charge in [0.2, 0.25) is 5.91 Å². The minimum absolute atomic E-state index is 0.121. The summed E-state index contributed by atoms with van der Waals surface area (Å²) in [6, 6.07) is 3.95. The molecule has 3 atom stereocenters. The predicted molar refractivity (Wildman–Crippen MR) is 95.8 cm³/mol. The largest absolute Gasteiger partial charge is 0.416 e. The summed E-state index contributed by atoms with van der Waals surface area (Å²) in [5, 5.41) is 0. The van der Waals surface area contributed by atoms with Crippen molar-refractivity contribution in [2.75, 3.05) is 11.5 Å². The van der Waals surface area contributed by atoms with Gasteiger partial charge in [0, 0.05) is 29.8 Å². The maximum atomic E-state index is 13.3. The third-order valence-electron chi connectivity index (χ3n) is 5.37. The van der Waals surface area contributed by atoms with Crippen molar-refractivity contribution in [3.63, 3.8) is 0 Å². The van der Waals surface area contributed by atoms with E-state index in [4.69, 9.17) is 4.74 Å². The summed E-state index contributed by atoms with van der Waals surface area (Å²) in [5.41, 5.74) is -0.544. The van der Waals surface area contributed by atoms with E-state index in [0.29, 0.717) is 18.7 Å². The predicted octanol–water partition coefficient (Wildman–Crippen LogP) is 5.33. The molecule has 0 aromatic heterocycles. The molecule has 0 saturated carbocycles. The molecular weight excluding hydrogens is 343 g/mol. The average molecular weight is 369 g/mol. The highest BCUT2D eigenvalue weighted by Crippen LogP contribution is 2.46. The fourth-order valence-corrected chi connectivity index (χ4v) is 3.89. The smallest absolute Gasteiger partial charge is 0.375 e. The topological polar surface area (TPSA) is 29.5 Å². The van der Waals surface area contributed by atoms with Gasteiger partial charge in [-0.25, -0.2) is 0 Å². The fraction of sp³-hybridized carbons (Fsp3) is 0.550. The zero-order valence-electron chi connectivity index (χ0n) is 15.9. The maximum Gasteiger partial charge on any atom is 0.416 e. The van der Waals surface area contributed by atoms with Crippen LogP contribution in [-0.4, -0.2) is 18.1 Å². The Bertz CT molecular complexity index is 713. The third-order valence-corrected chi connectivity index (χ3v) is 5.37. The van der Waals surface area contributed by atoms with Crippen LogP contribution in [0.15, 0.2) is 30.5 Å². The summed E-state index contributed by atoms with van der Waals surface area (Å²) in [7, 11) is 0. The van der Waals surface area contributed by atoms with Crippen molar-refractivity contribution < 1.29 is 22.7 Å². The van der Waals surface area contributed by atoms with E-state index < -0.39 is 23.3 Å². The van der Waals surface area contributed by atoms with Crippen LogP contribution in [0.3, 0.4) is 0 Å². The monoisotopic (exact) mass is 369 g/mol. The Balaban J connectivity index is 2.49. The van der Waals surface area contributed by atoms with Gasteiger partial charge in [-0.3, -0.25) is 9.69 Å². The minimum atomic E-state index is -4.47. The third kappa shape index (κ3) is 3.39. The molecule has 1 aromatic rings. The lowest BCUT2D eigenvalue weighted by atomic mass is 9.78. The lowest BCUT2D eigenvalue weighted by Crippen LogP contribution is -2.40. The lowest BCUT2D eigenvalue weighted by Gasteiger charge is -2.36. The van der Waals surface area contributed by atoms with E-state index in [1.807, 2.05) is 20.8 Å². The number of nitrogens with zero attached hydrogens (tertiary/aromatic N) is 1. The fourth-order valence-electron chi connectivity index (χ4n) is 3.89. The average Bonchev–Trinajstić information content (AvgIpc) is 2.77. The SMILES string of the molecule is C=C1C(C(C)(CC)OCC)C(C)C(=O)N1c1ccc(C)c(C(F)(F)F)c1. The Morgan fingerprint density at radius 1 is 1.27 bits per heavy atom. The number of carbonyl (C=O) groups excluding carboxylic acids is 1. The summed E-state index contributed by atoms with van der Waals surface area (Å²) >= 11 is 0. The highest BCUT2D eigenvalue weighted by Gasteiger charge is 2.50. The van der Waals surface area contributed by atoms with Crippen LogP contribution >= 0.6 is 0 Å². The Morgan fingerprint density at radius 2 is 1.88 bits per heavy atom. The van der Waals surface area contributed by atoms with Gasteiger partial charge in [0.1, 0.15) is 0 Å². The normalized spacial score (nSPS) is 23.5. The van der Waals surface area contributed by atoms with Crippen molar-refractivity contribution in [1.82, 2.24) is 0 Å². The van der Waals surface area contributed by atoms with Crippen LogP contribution in [0.4, 0.5) is 18.9 Å². The van der Waals surface area contributed by atoms with Gasteiger partial charge in [-0.1, -0.05) is 26.5 Å². The first-order valence-electron chi connectivity index (χ1n) is 8.82. The number of benzene rings is 1. The summed E-state index contributed by atoms with van der Waals surface area (Å²) in [4.78, 5) is 14.2. The van der Waals surface area contributed by atoms with Gasteiger partial charge in [0.25, 0.3) is 0 Å². The van der Waals surface area contributed by atoms with Crippen LogP contribution in [0.5, 0.6) is 0 Å². The molecule has 0 bridgehead atoms. The molecule has 0 radical (unpaired) electrons. The van der Waals surface area contributed by atoms with Crippen LogP contribution in [0, 0.1) is 18.8 Å². The van der Waals surface area contributed by atoms with Gasteiger partial charge in [0.05, 0.1) is 11.2 Å². The van der Waals surface area contributed by atoms with Gasteiger partial charge in [-0.2, -0.15) is 13.2 Å². The molecule has 26 heavy (non-hydrogen) atoms. The number of anilines is 1. The summed E-state index contributed by atoms with van der Waals surface area (Å²) < 4.78 is 45.7. The molecule has 1 saturated heterocycles. The van der Waals surface area contributed by atoms with E-state index in [2.05, 4.69) is 6.58 Å². The van der Waals surface area contributed by atoms with Crippen LogP contribution in [0.25, 0.3) is 0 Å². The molecule has 2 rings (SSSR count). The number of halogens is 3. The molecule has 1 heterocycles. The van der Waals surface area contributed by atoms with Crippen molar-refractivity contribution in [1.29, 1.82) is 0 Å². The molecule has 1 aromatic carbocycles. The number of hydrogen-bond acceptors (Lipinski definition) is 2. The molecule has 144 valence electrons. The molecule has 1 aliphatic heterocycles. The second-order valence-corrected chi connectivity index (χ2v) is 7.03. The lowest BCUT2D eigenvalue weighted by molar-refractivity contribution is -0.138. The molecule has 3 nitrogen and oxygen atoms in total. The Hall–Kier alpha value is -1.82. The molecule has 1 amide bonds. The van der Waals surface area contributed by atoms with E-state index in [1.165, 1.54) is 24.0 Å². The van der Waals surface area contributed by atoms with E-state index in [9.17, 15) is 18.0 Å². The van der Waals surface area contributed by atoms with E-state index in [-0.39, 0.29) is 23.1 Å². The van der Waals surface area contributed by atoms with Gasteiger partial charge in [-0.05, 0) is 44.9 Å². The molecule has 6 heteroatoms. The first-order chi connectivity index (χ1) is 12.0. The van der Waals surface area contributed by atoms with Crippen LogP contribution in [0.2, 0.25) is 0 Å². The van der Waals surface area contributed by atoms with Gasteiger partial charge >= 0.3 is 6.18 Å². The summed E-state index contributed by atoms with van der Waals surface area (Å²) in [6.45, 7) is 13.5. The number of hydrogen-bond donors (Lipinski definition) is 0. The van der Waals surface area contributed by atoms with E-state index in [1.54, 1.807) is 6.92 Å². The highest BCUT2D eigenvalue weighted by atomic mass is 19.4. The van der Waals surface area contributed by atoms with Crippen LogP contribution in [0.1, 0.15) is 45.2 Å². The Morgan fingerprint density at radius 3 is 2.38 bits per heavy atom. The molecule has 0 N–H and O–H groups in total. The van der Waals surface area contributed by atoms with E-state index in [0.717, 1.165) is 6.07 Å². The first-order valence-corrected chi connectivity index (χ1v) is 8.82. The standard InChI is InChI=1S/C20H26F3NO2/c1-7-19(6,26-8-2)17-13(4)18(25)24(14(17)5)15-10-9-12(3)16(11-15)20(21,22)23/h9-11,13,17H,5,7-8H2,1-4,6H3. The number of ether oxygens (including phenoxy) is 1. The van der Waals surface area contributed by atoms with Crippen molar-refractivity contribution in [2.24, 2.45) is 11.8 Å². The highest BCUT2D eigenvalue weighted by molar-refractivity contribution is 6.01. The first kappa shape index (κ1) is 20.5. The van der Waals surface area contributed by atoms with Crippen molar-refractivity contribution in [3.05, 3.63) is 41.6 Å². The number of rotatable bonds is 5. The van der Waals surface area contributed by atoms with Gasteiger partial charge in [0.15, 0.2) is 0 Å². The zero-order valence-corrected chi connectivity index (χ0v) is 15.9. The van der Waals surface area contributed by atoms with Crippen molar-refractivity contribution in [2.45, 2.75) is 52.8 Å².